The van der Waals surface area contributed by atoms with Gasteiger partial charge in [0.05, 0.1) is 11.6 Å². The van der Waals surface area contributed by atoms with Gasteiger partial charge in [-0.3, -0.25) is 9.59 Å². The quantitative estimate of drug-likeness (QED) is 0.756. The zero-order valence-electron chi connectivity index (χ0n) is 15.6. The first-order valence-corrected chi connectivity index (χ1v) is 10.3. The highest BCUT2D eigenvalue weighted by atomic mass is 35.5. The number of amides is 2. The largest absolute Gasteiger partial charge is 0.276 e. The van der Waals surface area contributed by atoms with Crippen molar-refractivity contribution in [2.45, 2.75) is 57.5 Å². The van der Waals surface area contributed by atoms with E-state index in [1.807, 2.05) is 0 Å². The second kappa shape index (κ2) is 5.69. The topological polar surface area (TPSA) is 40.6 Å². The molecule has 0 N–H and O–H groups in total. The van der Waals surface area contributed by atoms with Gasteiger partial charge in [0.1, 0.15) is 11.4 Å². The predicted octanol–water partition coefficient (Wildman–Crippen LogP) is 4.28. The number of hydrogen-bond donors (Lipinski definition) is 0. The molecule has 6 heteroatoms. The molecule has 1 heterocycles. The number of hydrogen-bond acceptors (Lipinski definition) is 2. The van der Waals surface area contributed by atoms with Crippen molar-refractivity contribution in [1.82, 2.24) is 10.0 Å². The first-order valence-electron chi connectivity index (χ1n) is 9.90. The summed E-state index contributed by atoms with van der Waals surface area (Å²) in [6.07, 6.45) is 5.92. The lowest BCUT2D eigenvalue weighted by molar-refractivity contribution is -0.230. The van der Waals surface area contributed by atoms with E-state index in [0.29, 0.717) is 16.9 Å². The van der Waals surface area contributed by atoms with Crippen molar-refractivity contribution in [3.05, 3.63) is 34.6 Å². The summed E-state index contributed by atoms with van der Waals surface area (Å²) in [7, 11) is 0. The minimum absolute atomic E-state index is 0.0317. The summed E-state index contributed by atoms with van der Waals surface area (Å²) in [5.74, 6) is 1.36. The Hall–Kier alpha value is -1.62. The SMILES string of the molecule is CC1(C)C(=O)N(C2C3CC4CC(C3)CC2C4)N1C(=O)c1cc(Cl)ccc1F. The smallest absolute Gasteiger partial charge is 0.270 e. The molecule has 1 aromatic carbocycles. The maximum Gasteiger partial charge on any atom is 0.276 e. The van der Waals surface area contributed by atoms with E-state index in [9.17, 15) is 14.0 Å². The summed E-state index contributed by atoms with van der Waals surface area (Å²) in [6, 6.07) is 4.06. The van der Waals surface area contributed by atoms with Crippen molar-refractivity contribution >= 4 is 23.4 Å². The highest BCUT2D eigenvalue weighted by Gasteiger charge is 2.62. The molecule has 1 saturated heterocycles. The van der Waals surface area contributed by atoms with Gasteiger partial charge in [-0.15, -0.1) is 0 Å². The molecular weight excluding hydrogens is 367 g/mol. The molecule has 4 nitrogen and oxygen atoms in total. The van der Waals surface area contributed by atoms with Gasteiger partial charge in [0.2, 0.25) is 0 Å². The molecule has 0 aromatic heterocycles. The predicted molar refractivity (Wildman–Crippen MR) is 99.3 cm³/mol. The van der Waals surface area contributed by atoms with Gasteiger partial charge in [-0.25, -0.2) is 14.4 Å². The van der Waals surface area contributed by atoms with E-state index in [4.69, 9.17) is 11.6 Å². The standard InChI is InChI=1S/C21H24ClFN2O2/c1-21(2)20(27)24(18-13-6-11-5-12(8-13)9-14(18)7-11)25(21)19(26)16-10-15(22)3-4-17(16)23/h3-4,10-14,18H,5-9H2,1-2H3. The van der Waals surface area contributed by atoms with E-state index < -0.39 is 17.3 Å². The van der Waals surface area contributed by atoms with Crippen molar-refractivity contribution in [3.63, 3.8) is 0 Å². The Morgan fingerprint density at radius 2 is 1.70 bits per heavy atom. The van der Waals surface area contributed by atoms with Gasteiger partial charge in [0, 0.05) is 5.02 Å². The lowest BCUT2D eigenvalue weighted by Crippen LogP contribution is -2.80. The molecule has 0 radical (unpaired) electrons. The Balaban J connectivity index is 1.50. The molecule has 144 valence electrons. The van der Waals surface area contributed by atoms with Crippen LogP contribution in [0.3, 0.4) is 0 Å². The minimum atomic E-state index is -0.958. The zero-order chi connectivity index (χ0) is 19.1. The van der Waals surface area contributed by atoms with Crippen LogP contribution >= 0.6 is 11.6 Å². The van der Waals surface area contributed by atoms with Gasteiger partial charge in [-0.1, -0.05) is 11.6 Å². The highest BCUT2D eigenvalue weighted by molar-refractivity contribution is 6.31. The van der Waals surface area contributed by atoms with Crippen molar-refractivity contribution < 1.29 is 14.0 Å². The minimum Gasteiger partial charge on any atom is -0.270 e. The van der Waals surface area contributed by atoms with Crippen LogP contribution in [0.1, 0.15) is 56.3 Å². The summed E-state index contributed by atoms with van der Waals surface area (Å²) in [5, 5.41) is 3.48. The van der Waals surface area contributed by atoms with E-state index in [-0.39, 0.29) is 17.5 Å². The van der Waals surface area contributed by atoms with Crippen molar-refractivity contribution in [2.24, 2.45) is 23.7 Å². The van der Waals surface area contributed by atoms with Crippen LogP contribution in [0.2, 0.25) is 5.02 Å². The first-order chi connectivity index (χ1) is 12.8. The summed E-state index contributed by atoms with van der Waals surface area (Å²) in [4.78, 5) is 26.3. The van der Waals surface area contributed by atoms with Gasteiger partial charge in [-0.05, 0) is 87.8 Å². The van der Waals surface area contributed by atoms with E-state index in [1.165, 1.54) is 29.6 Å². The highest BCUT2D eigenvalue weighted by Crippen LogP contribution is 2.57. The summed E-state index contributed by atoms with van der Waals surface area (Å²) >= 11 is 5.99. The molecule has 27 heavy (non-hydrogen) atoms. The number of hydrazine groups is 1. The molecular formula is C21H24ClFN2O2. The number of halogens is 2. The van der Waals surface area contributed by atoms with Gasteiger partial charge in [0.25, 0.3) is 11.8 Å². The van der Waals surface area contributed by atoms with E-state index >= 15 is 0 Å². The molecule has 4 aliphatic carbocycles. The number of carbonyl (C=O) groups is 2. The van der Waals surface area contributed by atoms with Gasteiger partial charge >= 0.3 is 0 Å². The second-order valence-corrected chi connectivity index (χ2v) is 9.81. The van der Waals surface area contributed by atoms with Crippen LogP contribution in [0.15, 0.2) is 18.2 Å². The van der Waals surface area contributed by atoms with Gasteiger partial charge < -0.3 is 0 Å². The Kier molecular flexibility index (Phi) is 3.69. The lowest BCUT2D eigenvalue weighted by atomic mass is 9.53. The van der Waals surface area contributed by atoms with E-state index in [2.05, 4.69) is 0 Å². The molecule has 5 aliphatic rings. The zero-order valence-corrected chi connectivity index (χ0v) is 16.4. The van der Waals surface area contributed by atoms with Crippen LogP contribution in [-0.4, -0.2) is 33.4 Å². The summed E-state index contributed by atoms with van der Waals surface area (Å²) in [5.41, 5.74) is -1.03. The average molecular weight is 391 g/mol. The van der Waals surface area contributed by atoms with Crippen molar-refractivity contribution in [2.75, 3.05) is 0 Å². The van der Waals surface area contributed by atoms with Gasteiger partial charge in [-0.2, -0.15) is 0 Å². The van der Waals surface area contributed by atoms with Crippen LogP contribution in [0.5, 0.6) is 0 Å². The monoisotopic (exact) mass is 390 g/mol. The third-order valence-electron chi connectivity index (χ3n) is 7.29. The molecule has 0 atom stereocenters. The fourth-order valence-corrected chi connectivity index (χ4v) is 6.55. The number of benzene rings is 1. The Bertz CT molecular complexity index is 811. The van der Waals surface area contributed by atoms with Crippen molar-refractivity contribution in [3.8, 4) is 0 Å². The maximum absolute atomic E-state index is 14.3. The van der Waals surface area contributed by atoms with Crippen LogP contribution in [0.25, 0.3) is 0 Å². The molecule has 6 rings (SSSR count). The van der Waals surface area contributed by atoms with Crippen LogP contribution in [0, 0.1) is 29.5 Å². The molecule has 1 aliphatic heterocycles. The fourth-order valence-electron chi connectivity index (χ4n) is 6.38. The van der Waals surface area contributed by atoms with E-state index in [0.717, 1.165) is 37.5 Å². The molecule has 4 saturated carbocycles. The fraction of sp³-hybridized carbons (Fsp3) is 0.619. The third-order valence-corrected chi connectivity index (χ3v) is 7.52. The number of nitrogens with zero attached hydrogens (tertiary/aromatic N) is 2. The molecule has 1 aromatic rings. The average Bonchev–Trinajstić information content (AvgIpc) is 2.61. The second-order valence-electron chi connectivity index (χ2n) is 9.37. The van der Waals surface area contributed by atoms with E-state index in [1.54, 1.807) is 18.9 Å². The van der Waals surface area contributed by atoms with Gasteiger partial charge in [0.15, 0.2) is 0 Å². The Morgan fingerprint density at radius 1 is 1.11 bits per heavy atom. The van der Waals surface area contributed by atoms with Crippen LogP contribution in [0.4, 0.5) is 4.39 Å². The number of carbonyl (C=O) groups excluding carboxylic acids is 2. The molecule has 4 bridgehead atoms. The molecule has 0 spiro atoms. The van der Waals surface area contributed by atoms with Crippen LogP contribution in [-0.2, 0) is 4.79 Å². The summed E-state index contributed by atoms with van der Waals surface area (Å²) in [6.45, 7) is 3.48. The van der Waals surface area contributed by atoms with Crippen molar-refractivity contribution in [1.29, 1.82) is 0 Å². The lowest BCUT2D eigenvalue weighted by Gasteiger charge is -2.65. The molecule has 0 unspecified atom stereocenters. The first kappa shape index (κ1) is 17.5. The Morgan fingerprint density at radius 3 is 2.30 bits per heavy atom. The van der Waals surface area contributed by atoms with Crippen LogP contribution < -0.4 is 0 Å². The Labute approximate surface area is 163 Å². The summed E-state index contributed by atoms with van der Waals surface area (Å²) < 4.78 is 14.3. The third kappa shape index (κ3) is 2.40. The maximum atomic E-state index is 14.3. The number of rotatable bonds is 2. The molecule has 5 fully saturated rings. The normalized spacial score (nSPS) is 36.1. The molecule has 2 amide bonds.